The molecule has 1 rings (SSSR count). The van der Waals surface area contributed by atoms with E-state index in [9.17, 15) is 22.0 Å². The molecule has 0 aromatic carbocycles. The second-order valence-electron chi connectivity index (χ2n) is 3.15. The van der Waals surface area contributed by atoms with Gasteiger partial charge in [-0.15, -0.1) is 0 Å². The van der Waals surface area contributed by atoms with Crippen LogP contribution in [0.25, 0.3) is 0 Å². The first-order chi connectivity index (χ1) is 6.30. The molecular weight excluding hydrogens is 220 g/mol. The maximum absolute atomic E-state index is 11.9. The summed E-state index contributed by atoms with van der Waals surface area (Å²) in [7, 11) is -4.83. The summed E-state index contributed by atoms with van der Waals surface area (Å²) in [6.07, 6.45) is 0.612. The van der Waals surface area contributed by atoms with E-state index in [0.29, 0.717) is 6.42 Å². The van der Waals surface area contributed by atoms with E-state index in [-0.39, 0.29) is 12.8 Å². The van der Waals surface area contributed by atoms with Gasteiger partial charge >= 0.3 is 11.7 Å². The van der Waals surface area contributed by atoms with E-state index in [0.717, 1.165) is 0 Å². The van der Waals surface area contributed by atoms with Gasteiger partial charge in [0.05, 0.1) is 0 Å². The molecule has 1 fully saturated rings. The minimum Gasteiger partial charge on any atom is -0.480 e. The van der Waals surface area contributed by atoms with Gasteiger partial charge in [0.25, 0.3) is 10.0 Å². The molecule has 82 valence electrons. The monoisotopic (exact) mass is 229 g/mol. The lowest BCUT2D eigenvalue weighted by Crippen LogP contribution is -2.59. The molecule has 0 aromatic heterocycles. The fourth-order valence-corrected chi connectivity index (χ4v) is 2.13. The zero-order valence-corrected chi connectivity index (χ0v) is 7.85. The minimum atomic E-state index is -4.83. The summed E-state index contributed by atoms with van der Waals surface area (Å²) in [5.41, 5.74) is -1.71. The molecule has 2 N–H and O–H groups in total. The molecule has 5 nitrogen and oxygen atoms in total. The predicted molar refractivity (Wildman–Crippen MR) is 42.3 cm³/mol. The summed E-state index contributed by atoms with van der Waals surface area (Å²) < 4.78 is 46.8. The summed E-state index contributed by atoms with van der Waals surface area (Å²) >= 11 is 0. The van der Waals surface area contributed by atoms with Gasteiger partial charge in [-0.3, -0.25) is 4.79 Å². The minimum absolute atomic E-state index is 0.0499. The highest BCUT2D eigenvalue weighted by atomic mass is 32.2. The molecule has 0 bridgehead atoms. The van der Waals surface area contributed by atoms with E-state index < -0.39 is 27.3 Å². The average molecular weight is 229 g/mol. The molecule has 1 aliphatic carbocycles. The predicted octanol–water partition coefficient (Wildman–Crippen LogP) is 0.136. The van der Waals surface area contributed by atoms with Gasteiger partial charge in [-0.2, -0.15) is 13.5 Å². The molecule has 0 spiro atoms. The molecule has 1 saturated carbocycles. The van der Waals surface area contributed by atoms with Gasteiger partial charge in [-0.05, 0) is 19.3 Å². The summed E-state index contributed by atoms with van der Waals surface area (Å²) in [5.74, 6) is -5.01. The third-order valence-corrected chi connectivity index (χ3v) is 3.33. The fraction of sp³-hybridized carbons (Fsp3) is 0.833. The lowest BCUT2D eigenvalue weighted by atomic mass is 9.78. The van der Waals surface area contributed by atoms with Gasteiger partial charge in [-0.25, -0.2) is 8.42 Å². The van der Waals surface area contributed by atoms with Gasteiger partial charge in [0, 0.05) is 0 Å². The van der Waals surface area contributed by atoms with Crippen LogP contribution < -0.4 is 4.72 Å². The van der Waals surface area contributed by atoms with Crippen molar-refractivity contribution in [3.05, 3.63) is 0 Å². The first-order valence-electron chi connectivity index (χ1n) is 3.84. The molecule has 0 atom stereocenters. The largest absolute Gasteiger partial charge is 0.480 e. The van der Waals surface area contributed by atoms with Gasteiger partial charge in [-0.1, -0.05) is 0 Å². The Morgan fingerprint density at radius 1 is 1.43 bits per heavy atom. The van der Waals surface area contributed by atoms with E-state index in [1.165, 1.54) is 4.72 Å². The zero-order valence-electron chi connectivity index (χ0n) is 7.03. The number of aliphatic carboxylic acids is 1. The van der Waals surface area contributed by atoms with Crippen molar-refractivity contribution >= 4 is 16.0 Å². The van der Waals surface area contributed by atoms with Crippen molar-refractivity contribution in [3.63, 3.8) is 0 Å². The smallest absolute Gasteiger partial charge is 0.350 e. The summed E-state index contributed by atoms with van der Waals surface area (Å²) in [5, 5.41) is 8.66. The van der Waals surface area contributed by atoms with Crippen LogP contribution in [0, 0.1) is 0 Å². The Morgan fingerprint density at radius 2 is 1.93 bits per heavy atom. The van der Waals surface area contributed by atoms with Gasteiger partial charge < -0.3 is 5.11 Å². The number of hydrogen-bond acceptors (Lipinski definition) is 3. The van der Waals surface area contributed by atoms with Crippen LogP contribution >= 0.6 is 0 Å². The van der Waals surface area contributed by atoms with E-state index in [4.69, 9.17) is 5.11 Å². The van der Waals surface area contributed by atoms with Crippen molar-refractivity contribution in [1.82, 2.24) is 4.72 Å². The molecule has 0 amide bonds. The quantitative estimate of drug-likeness (QED) is 0.718. The van der Waals surface area contributed by atoms with E-state index in [1.807, 2.05) is 0 Å². The number of rotatable bonds is 4. The van der Waals surface area contributed by atoms with Crippen LogP contribution in [-0.2, 0) is 14.8 Å². The van der Waals surface area contributed by atoms with Crippen LogP contribution in [0.1, 0.15) is 19.3 Å². The average Bonchev–Trinajstić information content (AvgIpc) is 1.95. The second kappa shape index (κ2) is 3.43. The number of hydrogen-bond donors (Lipinski definition) is 2. The first-order valence-corrected chi connectivity index (χ1v) is 5.39. The molecule has 0 saturated heterocycles. The molecule has 0 heterocycles. The standard InChI is InChI=1S/C6H9F2NO4S/c7-5(8)14(12,13)9-6(4(10)11)2-1-3-6/h5,9H,1-3H2,(H,10,11). The van der Waals surface area contributed by atoms with E-state index in [2.05, 4.69) is 0 Å². The highest BCUT2D eigenvalue weighted by Gasteiger charge is 2.48. The first kappa shape index (κ1) is 11.3. The molecule has 0 aliphatic heterocycles. The number of alkyl halides is 2. The SMILES string of the molecule is O=C(O)C1(NS(=O)(=O)C(F)F)CCC1. The number of halogens is 2. The van der Waals surface area contributed by atoms with E-state index >= 15 is 0 Å². The molecule has 14 heavy (non-hydrogen) atoms. The van der Waals surface area contributed by atoms with Crippen LogP contribution in [0.4, 0.5) is 8.78 Å². The van der Waals surface area contributed by atoms with Crippen LogP contribution in [0.3, 0.4) is 0 Å². The maximum atomic E-state index is 11.9. The molecule has 8 heteroatoms. The summed E-state index contributed by atoms with van der Waals surface area (Å²) in [6.45, 7) is 0. The van der Waals surface area contributed by atoms with Crippen molar-refractivity contribution < 1.29 is 27.1 Å². The molecule has 0 unspecified atom stereocenters. The zero-order chi connectivity index (χ0) is 11.0. The lowest BCUT2D eigenvalue weighted by Gasteiger charge is -2.37. The Morgan fingerprint density at radius 3 is 2.14 bits per heavy atom. The second-order valence-corrected chi connectivity index (χ2v) is 4.80. The van der Waals surface area contributed by atoms with Crippen molar-refractivity contribution in [3.8, 4) is 0 Å². The Labute approximate surface area is 79.2 Å². The topological polar surface area (TPSA) is 83.5 Å². The third-order valence-electron chi connectivity index (χ3n) is 2.19. The normalized spacial score (nSPS) is 20.5. The van der Waals surface area contributed by atoms with Crippen molar-refractivity contribution in [1.29, 1.82) is 0 Å². The number of carboxylic acid groups (broad SMARTS) is 1. The van der Waals surface area contributed by atoms with E-state index in [1.54, 1.807) is 0 Å². The van der Waals surface area contributed by atoms with Gasteiger partial charge in [0.1, 0.15) is 5.54 Å². The Balaban J connectivity index is 2.81. The molecule has 0 aromatic rings. The number of nitrogens with one attached hydrogen (secondary N) is 1. The van der Waals surface area contributed by atoms with Crippen LogP contribution in [0.5, 0.6) is 0 Å². The van der Waals surface area contributed by atoms with Crippen molar-refractivity contribution in [2.45, 2.75) is 30.6 Å². The summed E-state index contributed by atoms with van der Waals surface area (Å²) in [6, 6.07) is 0. The maximum Gasteiger partial charge on any atom is 0.350 e. The van der Waals surface area contributed by atoms with Crippen molar-refractivity contribution in [2.75, 3.05) is 0 Å². The summed E-state index contributed by atoms with van der Waals surface area (Å²) in [4.78, 5) is 10.6. The van der Waals surface area contributed by atoms with Crippen LogP contribution in [-0.4, -0.2) is 30.8 Å². The fourth-order valence-electron chi connectivity index (χ4n) is 1.21. The Hall–Kier alpha value is -0.760. The Kier molecular flexibility index (Phi) is 2.77. The van der Waals surface area contributed by atoms with Crippen LogP contribution in [0.2, 0.25) is 0 Å². The van der Waals surface area contributed by atoms with Crippen molar-refractivity contribution in [2.24, 2.45) is 0 Å². The number of carbonyl (C=O) groups is 1. The number of carboxylic acids is 1. The molecule has 0 radical (unpaired) electrons. The molecule has 1 aliphatic rings. The van der Waals surface area contributed by atoms with Crippen LogP contribution in [0.15, 0.2) is 0 Å². The third kappa shape index (κ3) is 1.85. The number of sulfonamides is 1. The molecular formula is C6H9F2NO4S. The lowest BCUT2D eigenvalue weighted by molar-refractivity contribution is -0.147. The highest BCUT2D eigenvalue weighted by Crippen LogP contribution is 2.33. The van der Waals surface area contributed by atoms with Gasteiger partial charge in [0.15, 0.2) is 0 Å². The highest BCUT2D eigenvalue weighted by molar-refractivity contribution is 7.89. The van der Waals surface area contributed by atoms with Gasteiger partial charge in [0.2, 0.25) is 0 Å². The Bertz CT molecular complexity index is 336.